The van der Waals surface area contributed by atoms with Crippen LogP contribution in [0.25, 0.3) is 0 Å². The second kappa shape index (κ2) is 6.16. The quantitative estimate of drug-likeness (QED) is 0.796. The van der Waals surface area contributed by atoms with Gasteiger partial charge in [0.25, 0.3) is 0 Å². The molecule has 2 rings (SSSR count). The smallest absolute Gasteiger partial charge is 0.150 e. The van der Waals surface area contributed by atoms with Gasteiger partial charge in [-0.05, 0) is 35.2 Å². The minimum atomic E-state index is 0.646. The van der Waals surface area contributed by atoms with Crippen molar-refractivity contribution in [3.8, 4) is 0 Å². The molecule has 4 heteroatoms. The topological polar surface area (TPSA) is 29.3 Å². The van der Waals surface area contributed by atoms with Gasteiger partial charge in [0, 0.05) is 19.2 Å². The molecule has 2 aromatic rings. The molecule has 0 aliphatic carbocycles. The molecule has 2 aromatic heterocycles. The molecule has 3 nitrogen and oxygen atoms in total. The molecule has 18 heavy (non-hydrogen) atoms. The summed E-state index contributed by atoms with van der Waals surface area (Å²) in [5.41, 5.74) is 2.32. The Morgan fingerprint density at radius 3 is 2.78 bits per heavy atom. The first-order valence-corrected chi connectivity index (χ1v) is 7.23. The van der Waals surface area contributed by atoms with Gasteiger partial charge >= 0.3 is 0 Å². The molecule has 0 radical (unpaired) electrons. The standard InChI is InChI=1S/C14H20N2OS/c1-11(2)7-16(8-13-4-5-18-10-13)9-14-6-12(3)15-17-14/h4-6,10-11H,7-9H2,1-3H3. The molecule has 0 unspecified atom stereocenters. The van der Waals surface area contributed by atoms with Crippen molar-refractivity contribution in [1.82, 2.24) is 10.1 Å². The van der Waals surface area contributed by atoms with Crippen molar-refractivity contribution in [1.29, 1.82) is 0 Å². The highest BCUT2D eigenvalue weighted by atomic mass is 32.1. The monoisotopic (exact) mass is 264 g/mol. The van der Waals surface area contributed by atoms with Crippen molar-refractivity contribution < 1.29 is 4.52 Å². The van der Waals surface area contributed by atoms with Crippen LogP contribution in [-0.2, 0) is 13.1 Å². The van der Waals surface area contributed by atoms with Gasteiger partial charge in [0.1, 0.15) is 0 Å². The first-order chi connectivity index (χ1) is 8.63. The van der Waals surface area contributed by atoms with Crippen molar-refractivity contribution in [2.45, 2.75) is 33.9 Å². The number of hydrogen-bond donors (Lipinski definition) is 0. The molecule has 0 saturated heterocycles. The number of aryl methyl sites for hydroxylation is 1. The molecule has 0 bridgehead atoms. The normalized spacial score (nSPS) is 11.6. The highest BCUT2D eigenvalue weighted by Crippen LogP contribution is 2.14. The van der Waals surface area contributed by atoms with E-state index >= 15 is 0 Å². The van der Waals surface area contributed by atoms with Gasteiger partial charge in [-0.2, -0.15) is 11.3 Å². The van der Waals surface area contributed by atoms with Crippen LogP contribution in [0.1, 0.15) is 30.9 Å². The average Bonchev–Trinajstić information content (AvgIpc) is 2.89. The van der Waals surface area contributed by atoms with Crippen LogP contribution in [0.15, 0.2) is 27.4 Å². The summed E-state index contributed by atoms with van der Waals surface area (Å²) < 4.78 is 5.31. The summed E-state index contributed by atoms with van der Waals surface area (Å²) in [5.74, 6) is 1.59. The lowest BCUT2D eigenvalue weighted by molar-refractivity contribution is 0.201. The van der Waals surface area contributed by atoms with Gasteiger partial charge in [0.15, 0.2) is 5.76 Å². The molecule has 0 amide bonds. The fourth-order valence-electron chi connectivity index (χ4n) is 2.05. The van der Waals surface area contributed by atoms with Crippen molar-refractivity contribution in [3.63, 3.8) is 0 Å². The Morgan fingerprint density at radius 2 is 2.22 bits per heavy atom. The van der Waals surface area contributed by atoms with Crippen LogP contribution in [0, 0.1) is 12.8 Å². The van der Waals surface area contributed by atoms with E-state index in [0.717, 1.165) is 31.1 Å². The summed E-state index contributed by atoms with van der Waals surface area (Å²) >= 11 is 1.75. The molecular formula is C14H20N2OS. The van der Waals surface area contributed by atoms with E-state index in [1.165, 1.54) is 5.56 Å². The van der Waals surface area contributed by atoms with Gasteiger partial charge in [-0.25, -0.2) is 0 Å². The Morgan fingerprint density at radius 1 is 1.39 bits per heavy atom. The molecule has 0 aliphatic heterocycles. The van der Waals surface area contributed by atoms with Gasteiger partial charge in [0.2, 0.25) is 0 Å². The predicted molar refractivity (Wildman–Crippen MR) is 74.5 cm³/mol. The van der Waals surface area contributed by atoms with Crippen LogP contribution in [-0.4, -0.2) is 16.6 Å². The van der Waals surface area contributed by atoms with Gasteiger partial charge in [-0.1, -0.05) is 19.0 Å². The molecule has 98 valence electrons. The summed E-state index contributed by atoms with van der Waals surface area (Å²) in [5, 5.41) is 8.28. The molecule has 0 fully saturated rings. The SMILES string of the molecule is Cc1cc(CN(Cc2ccsc2)CC(C)C)on1. The van der Waals surface area contributed by atoms with Crippen LogP contribution in [0.4, 0.5) is 0 Å². The van der Waals surface area contributed by atoms with E-state index in [-0.39, 0.29) is 0 Å². The van der Waals surface area contributed by atoms with Crippen LogP contribution in [0.5, 0.6) is 0 Å². The molecule has 0 atom stereocenters. The highest BCUT2D eigenvalue weighted by molar-refractivity contribution is 7.07. The van der Waals surface area contributed by atoms with Crippen LogP contribution in [0.3, 0.4) is 0 Å². The second-order valence-corrected chi connectivity index (χ2v) is 5.91. The molecule has 0 N–H and O–H groups in total. The van der Waals surface area contributed by atoms with E-state index in [1.807, 2.05) is 13.0 Å². The number of rotatable bonds is 6. The Bertz CT molecular complexity index is 462. The molecule has 0 aliphatic rings. The molecule has 2 heterocycles. The maximum absolute atomic E-state index is 5.31. The van der Waals surface area contributed by atoms with Crippen molar-refractivity contribution in [2.75, 3.05) is 6.54 Å². The second-order valence-electron chi connectivity index (χ2n) is 5.13. The number of aromatic nitrogens is 1. The lowest BCUT2D eigenvalue weighted by Crippen LogP contribution is -2.26. The Balaban J connectivity index is 2.00. The van der Waals surface area contributed by atoms with Gasteiger partial charge < -0.3 is 4.52 Å². The third-order valence-electron chi connectivity index (χ3n) is 2.67. The largest absolute Gasteiger partial charge is 0.360 e. The van der Waals surface area contributed by atoms with E-state index in [4.69, 9.17) is 4.52 Å². The van der Waals surface area contributed by atoms with Crippen LogP contribution in [0.2, 0.25) is 0 Å². The fourth-order valence-corrected chi connectivity index (χ4v) is 2.71. The Labute approximate surface area is 112 Å². The van der Waals surface area contributed by atoms with Crippen LogP contribution < -0.4 is 0 Å². The molecular weight excluding hydrogens is 244 g/mol. The van der Waals surface area contributed by atoms with E-state index in [9.17, 15) is 0 Å². The highest BCUT2D eigenvalue weighted by Gasteiger charge is 2.12. The van der Waals surface area contributed by atoms with Gasteiger partial charge in [0.05, 0.1) is 12.2 Å². The summed E-state index contributed by atoms with van der Waals surface area (Å²) in [4.78, 5) is 2.41. The lowest BCUT2D eigenvalue weighted by Gasteiger charge is -2.22. The minimum absolute atomic E-state index is 0.646. The van der Waals surface area contributed by atoms with E-state index in [1.54, 1.807) is 11.3 Å². The van der Waals surface area contributed by atoms with Gasteiger partial charge in [-0.3, -0.25) is 4.90 Å². The van der Waals surface area contributed by atoms with Crippen molar-refractivity contribution >= 4 is 11.3 Å². The number of thiophene rings is 1. The molecule has 0 spiro atoms. The third-order valence-corrected chi connectivity index (χ3v) is 3.40. The maximum atomic E-state index is 5.31. The molecule has 0 saturated carbocycles. The van der Waals surface area contributed by atoms with E-state index in [0.29, 0.717) is 5.92 Å². The zero-order valence-electron chi connectivity index (χ0n) is 11.2. The first-order valence-electron chi connectivity index (χ1n) is 6.29. The average molecular weight is 264 g/mol. The zero-order chi connectivity index (χ0) is 13.0. The fraction of sp³-hybridized carbons (Fsp3) is 0.500. The van der Waals surface area contributed by atoms with Crippen LogP contribution >= 0.6 is 11.3 Å². The van der Waals surface area contributed by atoms with Crippen molar-refractivity contribution in [2.24, 2.45) is 5.92 Å². The summed E-state index contributed by atoms with van der Waals surface area (Å²) in [6, 6.07) is 4.20. The van der Waals surface area contributed by atoms with E-state index < -0.39 is 0 Å². The minimum Gasteiger partial charge on any atom is -0.360 e. The molecule has 0 aromatic carbocycles. The van der Waals surface area contributed by atoms with Gasteiger partial charge in [-0.15, -0.1) is 0 Å². The maximum Gasteiger partial charge on any atom is 0.150 e. The van der Waals surface area contributed by atoms with E-state index in [2.05, 4.69) is 40.7 Å². The third kappa shape index (κ3) is 3.96. The summed E-state index contributed by atoms with van der Waals surface area (Å²) in [6.07, 6.45) is 0. The summed E-state index contributed by atoms with van der Waals surface area (Å²) in [6.45, 7) is 9.31. The summed E-state index contributed by atoms with van der Waals surface area (Å²) in [7, 11) is 0. The lowest BCUT2D eigenvalue weighted by atomic mass is 10.2. The van der Waals surface area contributed by atoms with Crippen molar-refractivity contribution in [3.05, 3.63) is 39.9 Å². The zero-order valence-corrected chi connectivity index (χ0v) is 12.0. The Hall–Kier alpha value is -1.13. The number of nitrogens with zero attached hydrogens (tertiary/aromatic N) is 2. The first kappa shape index (κ1) is 13.3. The predicted octanol–water partition coefficient (Wildman–Crippen LogP) is 3.70. The Kier molecular flexibility index (Phi) is 4.55. The number of hydrogen-bond acceptors (Lipinski definition) is 4.